The van der Waals surface area contributed by atoms with Crippen LogP contribution in [-0.2, 0) is 0 Å². The van der Waals surface area contributed by atoms with E-state index in [0.717, 1.165) is 15.7 Å². The van der Waals surface area contributed by atoms with Gasteiger partial charge in [0.25, 0.3) is 5.56 Å². The number of ether oxygens (including phenoxy) is 1. The van der Waals surface area contributed by atoms with Crippen LogP contribution >= 0.6 is 28.1 Å². The van der Waals surface area contributed by atoms with Crippen LogP contribution in [0.3, 0.4) is 0 Å². The van der Waals surface area contributed by atoms with Crippen molar-refractivity contribution in [1.82, 2.24) is 9.55 Å². The van der Waals surface area contributed by atoms with Gasteiger partial charge in [0.15, 0.2) is 4.77 Å². The van der Waals surface area contributed by atoms with Crippen LogP contribution in [-0.4, -0.2) is 16.7 Å². The molecule has 6 heteroatoms. The van der Waals surface area contributed by atoms with E-state index in [4.69, 9.17) is 17.0 Å². The molecule has 0 aliphatic carbocycles. The number of H-pyrrole nitrogens is 1. The van der Waals surface area contributed by atoms with Crippen molar-refractivity contribution in [2.45, 2.75) is 0 Å². The van der Waals surface area contributed by atoms with E-state index >= 15 is 0 Å². The van der Waals surface area contributed by atoms with Crippen molar-refractivity contribution < 1.29 is 4.74 Å². The maximum atomic E-state index is 12.7. The number of benzene rings is 2. The molecule has 0 atom stereocenters. The van der Waals surface area contributed by atoms with Crippen molar-refractivity contribution in [3.05, 3.63) is 62.1 Å². The summed E-state index contributed by atoms with van der Waals surface area (Å²) in [6, 6.07) is 12.7. The second kappa shape index (κ2) is 5.46. The maximum Gasteiger partial charge on any atom is 0.266 e. The quantitative estimate of drug-likeness (QED) is 0.705. The van der Waals surface area contributed by atoms with E-state index in [2.05, 4.69) is 20.9 Å². The third-order valence-electron chi connectivity index (χ3n) is 3.19. The van der Waals surface area contributed by atoms with Gasteiger partial charge in [-0.15, -0.1) is 0 Å². The largest absolute Gasteiger partial charge is 0.497 e. The number of fused-ring (bicyclic) bond motifs is 1. The highest BCUT2D eigenvalue weighted by Gasteiger charge is 2.08. The minimum Gasteiger partial charge on any atom is -0.497 e. The minimum atomic E-state index is -0.153. The average Bonchev–Trinajstić information content (AvgIpc) is 2.49. The zero-order chi connectivity index (χ0) is 15.0. The highest BCUT2D eigenvalue weighted by Crippen LogP contribution is 2.18. The van der Waals surface area contributed by atoms with Crippen molar-refractivity contribution in [2.24, 2.45) is 0 Å². The van der Waals surface area contributed by atoms with Crippen molar-refractivity contribution >= 4 is 39.1 Å². The Balaban J connectivity index is 2.31. The molecule has 0 saturated heterocycles. The Bertz CT molecular complexity index is 929. The molecule has 21 heavy (non-hydrogen) atoms. The van der Waals surface area contributed by atoms with Crippen LogP contribution in [0.4, 0.5) is 0 Å². The molecule has 0 spiro atoms. The van der Waals surface area contributed by atoms with E-state index < -0.39 is 0 Å². The fourth-order valence-corrected chi connectivity index (χ4v) is 2.81. The normalized spacial score (nSPS) is 10.8. The zero-order valence-electron chi connectivity index (χ0n) is 11.1. The first kappa shape index (κ1) is 14.0. The van der Waals surface area contributed by atoms with Crippen LogP contribution in [0.25, 0.3) is 16.6 Å². The van der Waals surface area contributed by atoms with Crippen LogP contribution in [0.1, 0.15) is 0 Å². The summed E-state index contributed by atoms with van der Waals surface area (Å²) in [5, 5.41) is 0.578. The van der Waals surface area contributed by atoms with Gasteiger partial charge in [-0.1, -0.05) is 15.9 Å². The Morgan fingerprint density at radius 3 is 2.57 bits per heavy atom. The number of aromatic amines is 1. The Morgan fingerprint density at radius 2 is 1.90 bits per heavy atom. The molecular weight excluding hydrogens is 352 g/mol. The second-order valence-corrected chi connectivity index (χ2v) is 5.76. The zero-order valence-corrected chi connectivity index (χ0v) is 13.5. The lowest BCUT2D eigenvalue weighted by molar-refractivity contribution is 0.414. The molecule has 0 fully saturated rings. The minimum absolute atomic E-state index is 0.153. The average molecular weight is 363 g/mol. The number of hydrogen-bond acceptors (Lipinski definition) is 3. The molecule has 1 N–H and O–H groups in total. The number of hydrogen-bond donors (Lipinski definition) is 1. The summed E-state index contributed by atoms with van der Waals surface area (Å²) < 4.78 is 7.81. The van der Waals surface area contributed by atoms with Gasteiger partial charge >= 0.3 is 0 Å². The summed E-state index contributed by atoms with van der Waals surface area (Å²) in [5.41, 5.74) is 1.27. The predicted octanol–water partition coefficient (Wildman–Crippen LogP) is 3.82. The van der Waals surface area contributed by atoms with Gasteiger partial charge in [0.1, 0.15) is 5.75 Å². The summed E-state index contributed by atoms with van der Waals surface area (Å²) in [7, 11) is 1.60. The Kier molecular flexibility index (Phi) is 3.65. The van der Waals surface area contributed by atoms with Crippen LogP contribution in [0.5, 0.6) is 5.75 Å². The van der Waals surface area contributed by atoms with Gasteiger partial charge in [-0.05, 0) is 54.7 Å². The first-order chi connectivity index (χ1) is 10.1. The van der Waals surface area contributed by atoms with Crippen LogP contribution in [0.2, 0.25) is 0 Å². The van der Waals surface area contributed by atoms with Gasteiger partial charge in [0.05, 0.1) is 23.7 Å². The molecule has 1 aromatic heterocycles. The Labute approximate surface area is 134 Å². The van der Waals surface area contributed by atoms with E-state index in [9.17, 15) is 4.79 Å². The first-order valence-corrected chi connectivity index (χ1v) is 7.39. The van der Waals surface area contributed by atoms with Gasteiger partial charge < -0.3 is 9.72 Å². The van der Waals surface area contributed by atoms with E-state index in [1.54, 1.807) is 37.4 Å². The molecule has 1 heterocycles. The maximum absolute atomic E-state index is 12.7. The molecular formula is C15H11BrN2O2S. The molecule has 2 aromatic carbocycles. The molecule has 0 bridgehead atoms. The van der Waals surface area contributed by atoms with Gasteiger partial charge in [-0.3, -0.25) is 9.36 Å². The van der Waals surface area contributed by atoms with Crippen molar-refractivity contribution in [2.75, 3.05) is 7.11 Å². The number of halogens is 1. The van der Waals surface area contributed by atoms with Crippen LogP contribution in [0.15, 0.2) is 51.7 Å². The smallest absolute Gasteiger partial charge is 0.266 e. The molecule has 3 rings (SSSR count). The van der Waals surface area contributed by atoms with E-state index in [-0.39, 0.29) is 5.56 Å². The number of aromatic nitrogens is 2. The summed E-state index contributed by atoms with van der Waals surface area (Å²) in [4.78, 5) is 15.8. The van der Waals surface area contributed by atoms with Gasteiger partial charge in [-0.2, -0.15) is 0 Å². The lowest BCUT2D eigenvalue weighted by atomic mass is 10.2. The molecule has 0 aliphatic rings. The Morgan fingerprint density at radius 1 is 1.19 bits per heavy atom. The molecule has 0 aliphatic heterocycles. The predicted molar refractivity (Wildman–Crippen MR) is 89.0 cm³/mol. The molecule has 3 aromatic rings. The van der Waals surface area contributed by atoms with E-state index in [1.165, 1.54) is 4.57 Å². The second-order valence-electron chi connectivity index (χ2n) is 4.46. The third kappa shape index (κ3) is 2.52. The fraction of sp³-hybridized carbons (Fsp3) is 0.0667. The topological polar surface area (TPSA) is 47.0 Å². The molecule has 0 amide bonds. The van der Waals surface area contributed by atoms with E-state index in [0.29, 0.717) is 15.8 Å². The number of methoxy groups -OCH3 is 1. The molecule has 106 valence electrons. The molecule has 0 saturated carbocycles. The lowest BCUT2D eigenvalue weighted by Gasteiger charge is -2.09. The summed E-state index contributed by atoms with van der Waals surface area (Å²) in [5.74, 6) is 0.727. The monoisotopic (exact) mass is 362 g/mol. The van der Waals surface area contributed by atoms with Crippen molar-refractivity contribution in [3.63, 3.8) is 0 Å². The SMILES string of the molecule is COc1ccc(-n2c(=S)[nH]c3ccc(Br)cc3c2=O)cc1. The highest BCUT2D eigenvalue weighted by molar-refractivity contribution is 9.10. The van der Waals surface area contributed by atoms with E-state index in [1.807, 2.05) is 12.1 Å². The first-order valence-electron chi connectivity index (χ1n) is 6.19. The van der Waals surface area contributed by atoms with Crippen molar-refractivity contribution in [3.8, 4) is 11.4 Å². The van der Waals surface area contributed by atoms with Gasteiger partial charge in [0.2, 0.25) is 0 Å². The summed E-state index contributed by atoms with van der Waals surface area (Å²) in [6.45, 7) is 0. The number of nitrogens with zero attached hydrogens (tertiary/aromatic N) is 1. The fourth-order valence-electron chi connectivity index (χ4n) is 2.15. The molecule has 0 unspecified atom stereocenters. The van der Waals surface area contributed by atoms with Gasteiger partial charge in [-0.25, -0.2) is 0 Å². The standard InChI is InChI=1S/C15H11BrN2O2S/c1-20-11-5-3-10(4-6-11)18-14(19)12-8-9(16)2-7-13(12)17-15(18)21/h2-8H,1H3,(H,17,21). The summed E-state index contributed by atoms with van der Waals surface area (Å²) >= 11 is 8.69. The molecule has 0 radical (unpaired) electrons. The third-order valence-corrected chi connectivity index (χ3v) is 3.97. The number of rotatable bonds is 2. The van der Waals surface area contributed by atoms with Crippen molar-refractivity contribution in [1.29, 1.82) is 0 Å². The van der Waals surface area contributed by atoms with Gasteiger partial charge in [0, 0.05) is 4.47 Å². The Hall–Kier alpha value is -1.92. The van der Waals surface area contributed by atoms with Crippen LogP contribution in [0, 0.1) is 4.77 Å². The highest BCUT2D eigenvalue weighted by atomic mass is 79.9. The molecule has 4 nitrogen and oxygen atoms in total. The summed E-state index contributed by atoms with van der Waals surface area (Å²) in [6.07, 6.45) is 0. The van der Waals surface area contributed by atoms with Crippen LogP contribution < -0.4 is 10.3 Å². The lowest BCUT2D eigenvalue weighted by Crippen LogP contribution is -2.20. The number of nitrogens with one attached hydrogen (secondary N) is 1.